The van der Waals surface area contributed by atoms with Gasteiger partial charge in [0.05, 0.1) is 34.7 Å². The third kappa shape index (κ3) is 4.17. The molecule has 0 radical (unpaired) electrons. The highest BCUT2D eigenvalue weighted by Gasteiger charge is 2.18. The minimum atomic E-state index is -0.707. The van der Waals surface area contributed by atoms with Crippen LogP contribution in [-0.2, 0) is 0 Å². The fourth-order valence-electron chi connectivity index (χ4n) is 4.01. The molecule has 1 unspecified atom stereocenters. The van der Waals surface area contributed by atoms with E-state index in [4.69, 9.17) is 4.98 Å². The second-order valence-corrected chi connectivity index (χ2v) is 8.60. The number of anilines is 2. The Morgan fingerprint density at radius 2 is 1.91 bits per heavy atom. The number of aliphatic hydroxyl groups is 1. The van der Waals surface area contributed by atoms with Gasteiger partial charge in [-0.15, -0.1) is 5.10 Å². The summed E-state index contributed by atoms with van der Waals surface area (Å²) in [5, 5.41) is 26.4. The van der Waals surface area contributed by atoms with Crippen LogP contribution in [-0.4, -0.2) is 39.6 Å². The predicted octanol–water partition coefficient (Wildman–Crippen LogP) is 4.84. The van der Waals surface area contributed by atoms with Gasteiger partial charge in [-0.25, -0.2) is 14.6 Å². The molecule has 1 aromatic carbocycles. The number of fused-ring (bicyclic) bond motifs is 1. The minimum absolute atomic E-state index is 0.570. The Labute approximate surface area is 202 Å². The zero-order valence-corrected chi connectivity index (χ0v) is 20.1. The van der Waals surface area contributed by atoms with Crippen LogP contribution in [0.3, 0.4) is 0 Å². The number of pyridine rings is 1. The molecule has 4 heterocycles. The number of hydrogen-bond donors (Lipinski definition) is 2. The molecule has 5 aromatic rings. The molecule has 176 valence electrons. The first-order valence-electron chi connectivity index (χ1n) is 11.3. The van der Waals surface area contributed by atoms with Crippen molar-refractivity contribution < 1.29 is 5.11 Å². The van der Waals surface area contributed by atoms with E-state index >= 15 is 0 Å². The number of hydrogen-bond acceptors (Lipinski definition) is 7. The molecule has 0 amide bonds. The Bertz CT molecular complexity index is 1550. The smallest absolute Gasteiger partial charge is 0.161 e. The Morgan fingerprint density at radius 1 is 1.09 bits per heavy atom. The van der Waals surface area contributed by atoms with Crippen molar-refractivity contribution in [2.75, 3.05) is 5.32 Å². The van der Waals surface area contributed by atoms with Crippen LogP contribution in [0.25, 0.3) is 28.2 Å². The number of nitrogens with zero attached hydrogens (tertiary/aromatic N) is 7. The SMILES string of the molecule is C=C(C)c1cnn(-c2nc(-n3cnc4cc(Nc5ccc(C)nn5)ccc43)ccc2C(C)O)c1C. The van der Waals surface area contributed by atoms with Crippen molar-refractivity contribution >= 4 is 28.1 Å². The summed E-state index contributed by atoms with van der Waals surface area (Å²) in [7, 11) is 0. The number of allylic oxidation sites excluding steroid dienone is 1. The first kappa shape index (κ1) is 22.4. The molecule has 1 atom stereocenters. The molecule has 0 aliphatic rings. The summed E-state index contributed by atoms with van der Waals surface area (Å²) in [5.74, 6) is 1.91. The van der Waals surface area contributed by atoms with Crippen LogP contribution in [0.4, 0.5) is 11.5 Å². The highest BCUT2D eigenvalue weighted by Crippen LogP contribution is 2.27. The number of benzene rings is 1. The first-order chi connectivity index (χ1) is 16.8. The molecule has 0 aliphatic carbocycles. The topological polar surface area (TPSA) is 107 Å². The van der Waals surface area contributed by atoms with Gasteiger partial charge >= 0.3 is 0 Å². The lowest BCUT2D eigenvalue weighted by Crippen LogP contribution is -2.11. The molecule has 0 saturated heterocycles. The van der Waals surface area contributed by atoms with Crippen molar-refractivity contribution in [1.29, 1.82) is 0 Å². The van der Waals surface area contributed by atoms with Crippen molar-refractivity contribution in [3.8, 4) is 11.6 Å². The molecule has 9 heteroatoms. The van der Waals surface area contributed by atoms with E-state index in [1.54, 1.807) is 24.1 Å². The number of aromatic nitrogens is 7. The van der Waals surface area contributed by atoms with Gasteiger partial charge in [0.1, 0.15) is 12.1 Å². The molecule has 9 nitrogen and oxygen atoms in total. The van der Waals surface area contributed by atoms with Gasteiger partial charge in [-0.2, -0.15) is 10.2 Å². The van der Waals surface area contributed by atoms with Crippen molar-refractivity contribution in [3.05, 3.63) is 84.1 Å². The average Bonchev–Trinajstić information content (AvgIpc) is 3.43. The van der Waals surface area contributed by atoms with Gasteiger partial charge in [0, 0.05) is 16.8 Å². The highest BCUT2D eigenvalue weighted by molar-refractivity contribution is 5.82. The molecule has 5 rings (SSSR count). The summed E-state index contributed by atoms with van der Waals surface area (Å²) in [6.07, 6.45) is 2.81. The zero-order valence-electron chi connectivity index (χ0n) is 20.1. The molecule has 35 heavy (non-hydrogen) atoms. The van der Waals surface area contributed by atoms with E-state index in [1.807, 2.05) is 67.8 Å². The van der Waals surface area contributed by atoms with Crippen LogP contribution >= 0.6 is 0 Å². The van der Waals surface area contributed by atoms with Gasteiger partial charge in [0.2, 0.25) is 0 Å². The summed E-state index contributed by atoms with van der Waals surface area (Å²) in [6, 6.07) is 13.4. The van der Waals surface area contributed by atoms with Crippen LogP contribution in [0, 0.1) is 13.8 Å². The van der Waals surface area contributed by atoms with Crippen LogP contribution in [0.1, 0.15) is 42.5 Å². The molecule has 0 fully saturated rings. The molecule has 0 saturated carbocycles. The fraction of sp³-hybridized carbons (Fsp3) is 0.192. The maximum absolute atomic E-state index is 10.4. The summed E-state index contributed by atoms with van der Waals surface area (Å²) >= 11 is 0. The molecular weight excluding hydrogens is 440 g/mol. The van der Waals surface area contributed by atoms with E-state index in [9.17, 15) is 5.11 Å². The van der Waals surface area contributed by atoms with Crippen LogP contribution in [0.5, 0.6) is 0 Å². The number of aryl methyl sites for hydroxylation is 1. The van der Waals surface area contributed by atoms with Gasteiger partial charge in [-0.05, 0) is 75.7 Å². The Kier molecular flexibility index (Phi) is 5.62. The molecule has 0 aliphatic heterocycles. The van der Waals surface area contributed by atoms with Gasteiger partial charge in [0.15, 0.2) is 11.6 Å². The van der Waals surface area contributed by atoms with E-state index in [1.165, 1.54) is 0 Å². The van der Waals surface area contributed by atoms with Crippen LogP contribution < -0.4 is 5.32 Å². The van der Waals surface area contributed by atoms with Crippen molar-refractivity contribution in [3.63, 3.8) is 0 Å². The predicted molar refractivity (Wildman–Crippen MR) is 136 cm³/mol. The summed E-state index contributed by atoms with van der Waals surface area (Å²) < 4.78 is 3.66. The second-order valence-electron chi connectivity index (χ2n) is 8.60. The van der Waals surface area contributed by atoms with E-state index in [2.05, 4.69) is 32.2 Å². The van der Waals surface area contributed by atoms with Gasteiger partial charge < -0.3 is 10.4 Å². The molecule has 4 aromatic heterocycles. The Balaban J connectivity index is 1.55. The number of imidazole rings is 1. The lowest BCUT2D eigenvalue weighted by atomic mass is 10.1. The van der Waals surface area contributed by atoms with E-state index in [-0.39, 0.29) is 0 Å². The fourth-order valence-corrected chi connectivity index (χ4v) is 4.01. The van der Waals surface area contributed by atoms with Crippen LogP contribution in [0.15, 0.2) is 61.6 Å². The molecule has 0 bridgehead atoms. The first-order valence-corrected chi connectivity index (χ1v) is 11.3. The van der Waals surface area contributed by atoms with Crippen LogP contribution in [0.2, 0.25) is 0 Å². The largest absolute Gasteiger partial charge is 0.389 e. The molecule has 0 spiro atoms. The summed E-state index contributed by atoms with van der Waals surface area (Å²) in [5.41, 5.74) is 6.90. The van der Waals surface area contributed by atoms with Crippen molar-refractivity contribution in [2.45, 2.75) is 33.8 Å². The average molecular weight is 467 g/mol. The van der Waals surface area contributed by atoms with Crippen molar-refractivity contribution in [2.24, 2.45) is 0 Å². The van der Waals surface area contributed by atoms with E-state index in [0.29, 0.717) is 23.0 Å². The Morgan fingerprint density at radius 3 is 2.60 bits per heavy atom. The standard InChI is InChI=1S/C26H26N8O/c1-15(2)21-13-28-34(17(21)4)26-20(18(5)35)8-11-25(30-26)33-14-27-22-12-19(7-9-23(22)33)29-24-10-6-16(3)31-32-24/h6-14,18,35H,1H2,2-5H3,(H,29,32). The van der Waals surface area contributed by atoms with E-state index in [0.717, 1.165) is 39.2 Å². The lowest BCUT2D eigenvalue weighted by Gasteiger charge is -2.15. The number of aliphatic hydroxyl groups excluding tert-OH is 1. The minimum Gasteiger partial charge on any atom is -0.389 e. The maximum Gasteiger partial charge on any atom is 0.161 e. The monoisotopic (exact) mass is 466 g/mol. The van der Waals surface area contributed by atoms with Gasteiger partial charge in [0.25, 0.3) is 0 Å². The normalized spacial score (nSPS) is 12.1. The lowest BCUT2D eigenvalue weighted by molar-refractivity contribution is 0.198. The third-order valence-electron chi connectivity index (χ3n) is 5.88. The second kappa shape index (κ2) is 8.77. The van der Waals surface area contributed by atoms with E-state index < -0.39 is 6.10 Å². The third-order valence-corrected chi connectivity index (χ3v) is 5.88. The molecular formula is C26H26N8O. The summed E-state index contributed by atoms with van der Waals surface area (Å²) in [4.78, 5) is 9.47. The highest BCUT2D eigenvalue weighted by atomic mass is 16.3. The maximum atomic E-state index is 10.4. The summed E-state index contributed by atoms with van der Waals surface area (Å²) in [6.45, 7) is 11.6. The number of nitrogens with one attached hydrogen (secondary N) is 1. The molecule has 2 N–H and O–H groups in total. The number of rotatable bonds is 6. The van der Waals surface area contributed by atoms with Crippen molar-refractivity contribution in [1.82, 2.24) is 34.5 Å². The quantitative estimate of drug-likeness (QED) is 0.369. The van der Waals surface area contributed by atoms with Gasteiger partial charge in [-0.1, -0.05) is 6.58 Å². The zero-order chi connectivity index (χ0) is 24.7. The Hall–Kier alpha value is -4.37. The van der Waals surface area contributed by atoms with Gasteiger partial charge in [-0.3, -0.25) is 4.57 Å².